The van der Waals surface area contributed by atoms with Gasteiger partial charge in [-0.3, -0.25) is 9.55 Å². The van der Waals surface area contributed by atoms with Crippen molar-refractivity contribution in [1.82, 2.24) is 14.5 Å². The van der Waals surface area contributed by atoms with E-state index in [0.717, 1.165) is 22.3 Å². The molecule has 0 N–H and O–H groups in total. The lowest BCUT2D eigenvalue weighted by molar-refractivity contribution is 0.0600. The predicted molar refractivity (Wildman–Crippen MR) is 89.2 cm³/mol. The van der Waals surface area contributed by atoms with Crippen molar-refractivity contribution in [2.75, 3.05) is 7.11 Å². The normalized spacial score (nSPS) is 19.5. The second kappa shape index (κ2) is 5.61. The van der Waals surface area contributed by atoms with Gasteiger partial charge in [0, 0.05) is 17.4 Å². The predicted octanol–water partition coefficient (Wildman–Crippen LogP) is 2.39. The number of imidazole rings is 1. The molecule has 2 unspecified atom stereocenters. The summed E-state index contributed by atoms with van der Waals surface area (Å²) in [7, 11) is 1.36. The molecule has 7 heteroatoms. The molecule has 0 spiro atoms. The van der Waals surface area contributed by atoms with E-state index >= 15 is 0 Å². The van der Waals surface area contributed by atoms with Gasteiger partial charge < -0.3 is 9.29 Å². The minimum absolute atomic E-state index is 0.221. The molecule has 0 fully saturated rings. The number of esters is 1. The Hall–Kier alpha value is -2.38. The maximum atomic E-state index is 12.8. The molecule has 3 aromatic rings. The molecule has 6 nitrogen and oxygen atoms in total. The summed E-state index contributed by atoms with van der Waals surface area (Å²) >= 11 is -1.27. The first-order valence-electron chi connectivity index (χ1n) is 7.51. The van der Waals surface area contributed by atoms with E-state index in [0.29, 0.717) is 17.3 Å². The van der Waals surface area contributed by atoms with Crippen LogP contribution < -0.4 is 0 Å². The first-order valence-corrected chi connectivity index (χ1v) is 8.72. The first-order chi connectivity index (χ1) is 11.6. The molecule has 24 heavy (non-hydrogen) atoms. The highest BCUT2D eigenvalue weighted by atomic mass is 32.2. The lowest BCUT2D eigenvalue weighted by Crippen LogP contribution is -2.11. The number of pyridine rings is 1. The first kappa shape index (κ1) is 15.2. The summed E-state index contributed by atoms with van der Waals surface area (Å²) < 4.78 is 19.6. The van der Waals surface area contributed by atoms with Crippen LogP contribution in [0.15, 0.2) is 41.7 Å². The Morgan fingerprint density at radius 3 is 2.96 bits per heavy atom. The number of carbonyl (C=O) groups excluding carboxylic acids is 1. The Bertz CT molecular complexity index is 939. The van der Waals surface area contributed by atoms with Crippen molar-refractivity contribution >= 4 is 28.2 Å². The minimum Gasteiger partial charge on any atom is -0.608 e. The van der Waals surface area contributed by atoms with Crippen LogP contribution in [0, 0.1) is 6.92 Å². The topological polar surface area (TPSA) is 80.1 Å². The Labute approximate surface area is 141 Å². The van der Waals surface area contributed by atoms with Crippen LogP contribution in [0.1, 0.15) is 26.9 Å². The highest BCUT2D eigenvalue weighted by molar-refractivity contribution is 7.91. The molecule has 0 bridgehead atoms. The number of aromatic nitrogens is 3. The van der Waals surface area contributed by atoms with Crippen LogP contribution in [0.5, 0.6) is 0 Å². The van der Waals surface area contributed by atoms with E-state index in [4.69, 9.17) is 4.74 Å². The van der Waals surface area contributed by atoms with Gasteiger partial charge in [-0.2, -0.15) is 4.98 Å². The Morgan fingerprint density at radius 1 is 1.42 bits per heavy atom. The van der Waals surface area contributed by atoms with Gasteiger partial charge in [0.1, 0.15) is 0 Å². The van der Waals surface area contributed by atoms with E-state index in [9.17, 15) is 9.35 Å². The minimum atomic E-state index is -1.27. The van der Waals surface area contributed by atoms with Gasteiger partial charge in [0.05, 0.1) is 35.9 Å². The smallest absolute Gasteiger partial charge is 0.338 e. The lowest BCUT2D eigenvalue weighted by Gasteiger charge is -2.11. The summed E-state index contributed by atoms with van der Waals surface area (Å²) in [6.07, 6.45) is 1.70. The molecule has 2 aromatic heterocycles. The number of hydrogen-bond donors (Lipinski definition) is 0. The van der Waals surface area contributed by atoms with Gasteiger partial charge in [0.15, 0.2) is 5.25 Å². The van der Waals surface area contributed by atoms with Gasteiger partial charge in [0.25, 0.3) is 0 Å². The van der Waals surface area contributed by atoms with Crippen molar-refractivity contribution in [2.24, 2.45) is 0 Å². The fourth-order valence-corrected chi connectivity index (χ4v) is 4.52. The number of nitrogens with zero attached hydrogens (tertiary/aromatic N) is 3. The van der Waals surface area contributed by atoms with Crippen molar-refractivity contribution in [3.63, 3.8) is 0 Å². The zero-order valence-electron chi connectivity index (χ0n) is 13.2. The van der Waals surface area contributed by atoms with E-state index in [1.165, 1.54) is 7.11 Å². The van der Waals surface area contributed by atoms with E-state index in [2.05, 4.69) is 9.97 Å². The summed E-state index contributed by atoms with van der Waals surface area (Å²) in [6.45, 7) is 2.36. The van der Waals surface area contributed by atoms with Gasteiger partial charge in [-0.15, -0.1) is 0 Å². The second-order valence-electron chi connectivity index (χ2n) is 5.69. The van der Waals surface area contributed by atoms with Crippen LogP contribution in [-0.4, -0.2) is 32.2 Å². The third-order valence-corrected chi connectivity index (χ3v) is 5.85. The number of hydrogen-bond acceptors (Lipinski definition) is 5. The molecule has 2 atom stereocenters. The molecule has 122 valence electrons. The van der Waals surface area contributed by atoms with Gasteiger partial charge in [-0.05, 0) is 36.8 Å². The number of methoxy groups -OCH3 is 1. The average Bonchev–Trinajstić information content (AvgIpc) is 3.10. The van der Waals surface area contributed by atoms with E-state index in [-0.39, 0.29) is 11.2 Å². The highest BCUT2D eigenvalue weighted by Gasteiger charge is 2.41. The molecule has 1 aliphatic heterocycles. The number of rotatable bonds is 2. The van der Waals surface area contributed by atoms with Crippen LogP contribution in [0.25, 0.3) is 11.0 Å². The Balaban J connectivity index is 1.82. The summed E-state index contributed by atoms with van der Waals surface area (Å²) in [5.41, 5.74) is 3.61. The molecule has 0 amide bonds. The summed E-state index contributed by atoms with van der Waals surface area (Å²) in [4.78, 5) is 20.8. The number of benzene rings is 1. The molecule has 0 saturated carbocycles. The number of ether oxygens (including phenoxy) is 1. The van der Waals surface area contributed by atoms with Crippen molar-refractivity contribution in [2.45, 2.75) is 23.9 Å². The SMILES string of the molecule is COC(=O)c1cc2c(cc1C)nc1n2CC(c2ccccn2)[S+]1[O-]. The van der Waals surface area contributed by atoms with Crippen molar-refractivity contribution in [3.8, 4) is 0 Å². The molecule has 4 rings (SSSR count). The van der Waals surface area contributed by atoms with E-state index in [1.54, 1.807) is 12.3 Å². The van der Waals surface area contributed by atoms with Crippen LogP contribution in [0.4, 0.5) is 0 Å². The second-order valence-corrected chi connectivity index (χ2v) is 7.22. The standard InChI is InChI=1S/C17H15N3O3S/c1-10-7-13-14(8-11(10)16(21)23-2)20-9-15(24(22)17(20)19-13)12-5-3-4-6-18-12/h3-8,15H,9H2,1-2H3. The average molecular weight is 341 g/mol. The lowest BCUT2D eigenvalue weighted by atomic mass is 10.1. The van der Waals surface area contributed by atoms with Crippen LogP contribution in [0.3, 0.4) is 0 Å². The molecule has 3 heterocycles. The zero-order valence-corrected chi connectivity index (χ0v) is 14.0. The number of carbonyl (C=O) groups is 1. The maximum absolute atomic E-state index is 12.8. The van der Waals surface area contributed by atoms with Crippen molar-refractivity contribution in [1.29, 1.82) is 0 Å². The molecule has 0 aliphatic carbocycles. The quantitative estimate of drug-likeness (QED) is 0.528. The van der Waals surface area contributed by atoms with Crippen LogP contribution in [-0.2, 0) is 22.5 Å². The van der Waals surface area contributed by atoms with Crippen molar-refractivity contribution < 1.29 is 14.1 Å². The van der Waals surface area contributed by atoms with Crippen molar-refractivity contribution in [3.05, 3.63) is 53.3 Å². The molecule has 0 saturated heterocycles. The van der Waals surface area contributed by atoms with E-state index in [1.807, 2.05) is 35.8 Å². The summed E-state index contributed by atoms with van der Waals surface area (Å²) in [5.74, 6) is -0.384. The molecular weight excluding hydrogens is 326 g/mol. The zero-order chi connectivity index (χ0) is 16.8. The highest BCUT2D eigenvalue weighted by Crippen LogP contribution is 2.38. The molecule has 1 aromatic carbocycles. The number of fused-ring (bicyclic) bond motifs is 3. The fourth-order valence-electron chi connectivity index (χ4n) is 3.04. The fraction of sp³-hybridized carbons (Fsp3) is 0.235. The Morgan fingerprint density at radius 2 is 2.25 bits per heavy atom. The summed E-state index contributed by atoms with van der Waals surface area (Å²) in [6, 6.07) is 9.20. The summed E-state index contributed by atoms with van der Waals surface area (Å²) in [5, 5.41) is 0.308. The van der Waals surface area contributed by atoms with E-state index < -0.39 is 11.2 Å². The van der Waals surface area contributed by atoms with Crippen LogP contribution >= 0.6 is 0 Å². The molecule has 1 aliphatic rings. The van der Waals surface area contributed by atoms with Gasteiger partial charge in [-0.1, -0.05) is 6.07 Å². The third kappa shape index (κ3) is 2.20. The Kier molecular flexibility index (Phi) is 3.54. The monoisotopic (exact) mass is 341 g/mol. The molecular formula is C17H15N3O3S. The largest absolute Gasteiger partial charge is 0.608 e. The molecule has 0 radical (unpaired) electrons. The van der Waals surface area contributed by atoms with Gasteiger partial charge >= 0.3 is 11.1 Å². The maximum Gasteiger partial charge on any atom is 0.338 e. The van der Waals surface area contributed by atoms with Gasteiger partial charge in [0.2, 0.25) is 0 Å². The number of aryl methyl sites for hydroxylation is 1. The van der Waals surface area contributed by atoms with Crippen LogP contribution in [0.2, 0.25) is 0 Å². The third-order valence-electron chi connectivity index (χ3n) is 4.27. The van der Waals surface area contributed by atoms with Gasteiger partial charge in [-0.25, -0.2) is 4.79 Å².